The van der Waals surface area contributed by atoms with Crippen LogP contribution in [-0.4, -0.2) is 38.5 Å². The van der Waals surface area contributed by atoms with Crippen LogP contribution in [0.5, 0.6) is 0 Å². The van der Waals surface area contributed by atoms with Gasteiger partial charge in [0.05, 0.1) is 11.8 Å². The molecule has 1 N–H and O–H groups in total. The molecule has 2 aromatic heterocycles. The van der Waals surface area contributed by atoms with Crippen LogP contribution in [0.15, 0.2) is 24.8 Å². The van der Waals surface area contributed by atoms with Crippen molar-refractivity contribution in [3.05, 3.63) is 30.5 Å². The molecular weight excluding hydrogens is 292 g/mol. The van der Waals surface area contributed by atoms with Crippen molar-refractivity contribution < 1.29 is 9.53 Å². The smallest absolute Gasteiger partial charge is 0.271 e. The van der Waals surface area contributed by atoms with E-state index in [1.54, 1.807) is 24.8 Å². The normalized spacial score (nSPS) is 23.9. The lowest BCUT2D eigenvalue weighted by molar-refractivity contribution is -0.107. The van der Waals surface area contributed by atoms with E-state index in [4.69, 9.17) is 4.74 Å². The highest BCUT2D eigenvalue weighted by molar-refractivity contribution is 5.93. The summed E-state index contributed by atoms with van der Waals surface area (Å²) in [7, 11) is 0. The van der Waals surface area contributed by atoms with Gasteiger partial charge in [0.15, 0.2) is 5.65 Å². The van der Waals surface area contributed by atoms with Crippen LogP contribution in [0.1, 0.15) is 55.4 Å². The van der Waals surface area contributed by atoms with Gasteiger partial charge in [0.1, 0.15) is 5.69 Å². The average molecular weight is 314 g/mol. The van der Waals surface area contributed by atoms with Gasteiger partial charge < -0.3 is 14.5 Å². The van der Waals surface area contributed by atoms with Crippen LogP contribution in [-0.2, 0) is 4.74 Å². The molecule has 23 heavy (non-hydrogen) atoms. The zero-order chi connectivity index (χ0) is 15.7. The third-order valence-electron chi connectivity index (χ3n) is 5.09. The predicted octanol–water partition coefficient (Wildman–Crippen LogP) is 2.34. The number of nitrogens with zero attached hydrogens (tertiary/aromatic N) is 3. The highest BCUT2D eigenvalue weighted by atomic mass is 16.5. The number of imidazole rings is 1. The van der Waals surface area contributed by atoms with Crippen LogP contribution < -0.4 is 5.32 Å². The molecule has 1 atom stereocenters. The van der Waals surface area contributed by atoms with E-state index in [0.717, 1.165) is 32.3 Å². The summed E-state index contributed by atoms with van der Waals surface area (Å²) >= 11 is 0. The molecule has 122 valence electrons. The Morgan fingerprint density at radius 2 is 2.22 bits per heavy atom. The molecule has 2 aliphatic rings. The number of ether oxygens (including phenoxy) is 1. The Bertz CT molecular complexity index is 667. The van der Waals surface area contributed by atoms with Gasteiger partial charge in [0, 0.05) is 31.2 Å². The SMILES string of the molecule is O=C(NC1CCOC2(CCCCC2)C1)c1cn2ccncc2n1. The molecule has 1 amide bonds. The molecule has 1 saturated heterocycles. The van der Waals surface area contributed by atoms with Crippen LogP contribution in [0.4, 0.5) is 0 Å². The average Bonchev–Trinajstić information content (AvgIpc) is 3.00. The third-order valence-corrected chi connectivity index (χ3v) is 5.09. The van der Waals surface area contributed by atoms with Crippen molar-refractivity contribution in [2.24, 2.45) is 0 Å². The molecule has 0 aromatic carbocycles. The summed E-state index contributed by atoms with van der Waals surface area (Å²) in [6.07, 6.45) is 14.7. The number of fused-ring (bicyclic) bond motifs is 1. The van der Waals surface area contributed by atoms with Gasteiger partial charge in [-0.1, -0.05) is 19.3 Å². The van der Waals surface area contributed by atoms with Crippen molar-refractivity contribution in [2.45, 2.75) is 56.6 Å². The number of amides is 1. The quantitative estimate of drug-likeness (QED) is 0.924. The van der Waals surface area contributed by atoms with Crippen LogP contribution in [0, 0.1) is 0 Å². The minimum Gasteiger partial charge on any atom is -0.375 e. The lowest BCUT2D eigenvalue weighted by Gasteiger charge is -2.43. The molecule has 1 unspecified atom stereocenters. The summed E-state index contributed by atoms with van der Waals surface area (Å²) in [6.45, 7) is 0.736. The van der Waals surface area contributed by atoms with Gasteiger partial charge in [0.25, 0.3) is 5.91 Å². The van der Waals surface area contributed by atoms with Crippen molar-refractivity contribution in [1.82, 2.24) is 19.7 Å². The fourth-order valence-corrected chi connectivity index (χ4v) is 3.91. The Labute approximate surface area is 135 Å². The molecule has 0 radical (unpaired) electrons. The molecular formula is C17H22N4O2. The summed E-state index contributed by atoms with van der Waals surface area (Å²) in [4.78, 5) is 20.9. The van der Waals surface area contributed by atoms with E-state index in [1.165, 1.54) is 19.3 Å². The summed E-state index contributed by atoms with van der Waals surface area (Å²) in [6, 6.07) is 0.178. The highest BCUT2D eigenvalue weighted by Crippen LogP contribution is 2.38. The molecule has 0 bridgehead atoms. The monoisotopic (exact) mass is 314 g/mol. The van der Waals surface area contributed by atoms with E-state index < -0.39 is 0 Å². The van der Waals surface area contributed by atoms with Crippen molar-refractivity contribution in [3.63, 3.8) is 0 Å². The third kappa shape index (κ3) is 2.95. The fraction of sp³-hybridized carbons (Fsp3) is 0.588. The number of rotatable bonds is 2. The Morgan fingerprint density at radius 1 is 1.35 bits per heavy atom. The van der Waals surface area contributed by atoms with E-state index in [2.05, 4.69) is 15.3 Å². The molecule has 1 aliphatic heterocycles. The number of carbonyl (C=O) groups excluding carboxylic acids is 1. The summed E-state index contributed by atoms with van der Waals surface area (Å²) < 4.78 is 7.91. The molecule has 6 nitrogen and oxygen atoms in total. The molecule has 1 aliphatic carbocycles. The molecule has 2 fully saturated rings. The van der Waals surface area contributed by atoms with Gasteiger partial charge in [-0.05, 0) is 25.7 Å². The summed E-state index contributed by atoms with van der Waals surface area (Å²) in [5.41, 5.74) is 1.13. The largest absolute Gasteiger partial charge is 0.375 e. The van der Waals surface area contributed by atoms with E-state index >= 15 is 0 Å². The van der Waals surface area contributed by atoms with Crippen molar-refractivity contribution in [3.8, 4) is 0 Å². The molecule has 1 saturated carbocycles. The Morgan fingerprint density at radius 3 is 3.04 bits per heavy atom. The minimum absolute atomic E-state index is 0.00270. The minimum atomic E-state index is -0.105. The molecule has 1 spiro atoms. The maximum atomic E-state index is 12.5. The second-order valence-corrected chi connectivity index (χ2v) is 6.72. The number of hydrogen-bond acceptors (Lipinski definition) is 4. The van der Waals surface area contributed by atoms with Gasteiger partial charge in [-0.15, -0.1) is 0 Å². The maximum absolute atomic E-state index is 12.5. The summed E-state index contributed by atoms with van der Waals surface area (Å²) in [5, 5.41) is 3.15. The molecule has 6 heteroatoms. The van der Waals surface area contributed by atoms with E-state index in [-0.39, 0.29) is 17.6 Å². The lowest BCUT2D eigenvalue weighted by Crippen LogP contribution is -2.49. The van der Waals surface area contributed by atoms with E-state index in [9.17, 15) is 4.79 Å². The predicted molar refractivity (Wildman–Crippen MR) is 85.2 cm³/mol. The van der Waals surface area contributed by atoms with Gasteiger partial charge in [-0.25, -0.2) is 4.98 Å². The first kappa shape index (κ1) is 14.6. The van der Waals surface area contributed by atoms with Crippen LogP contribution in [0.2, 0.25) is 0 Å². The Kier molecular flexibility index (Phi) is 3.77. The molecule has 3 heterocycles. The first-order chi connectivity index (χ1) is 11.2. The van der Waals surface area contributed by atoms with Crippen molar-refractivity contribution >= 4 is 11.6 Å². The zero-order valence-electron chi connectivity index (χ0n) is 13.2. The van der Waals surface area contributed by atoms with Crippen molar-refractivity contribution in [1.29, 1.82) is 0 Å². The number of aromatic nitrogens is 3. The first-order valence-electron chi connectivity index (χ1n) is 8.48. The second-order valence-electron chi connectivity index (χ2n) is 6.72. The second kappa shape index (κ2) is 5.92. The fourth-order valence-electron chi connectivity index (χ4n) is 3.91. The van der Waals surface area contributed by atoms with Crippen LogP contribution >= 0.6 is 0 Å². The molecule has 2 aromatic rings. The standard InChI is InChI=1S/C17H22N4O2/c22-16(14-12-21-8-7-18-11-15(21)20-14)19-13-4-9-23-17(10-13)5-2-1-3-6-17/h7-8,11-13H,1-6,9-10H2,(H,19,22). The van der Waals surface area contributed by atoms with Crippen LogP contribution in [0.3, 0.4) is 0 Å². The maximum Gasteiger partial charge on any atom is 0.271 e. The van der Waals surface area contributed by atoms with Gasteiger partial charge >= 0.3 is 0 Å². The topological polar surface area (TPSA) is 68.5 Å². The first-order valence-corrected chi connectivity index (χ1v) is 8.48. The van der Waals surface area contributed by atoms with Gasteiger partial charge in [0.2, 0.25) is 0 Å². The van der Waals surface area contributed by atoms with E-state index in [0.29, 0.717) is 11.3 Å². The lowest BCUT2D eigenvalue weighted by atomic mass is 9.78. The Hall–Kier alpha value is -1.95. The molecule has 4 rings (SSSR count). The zero-order valence-corrected chi connectivity index (χ0v) is 13.2. The number of carbonyl (C=O) groups is 1. The van der Waals surface area contributed by atoms with E-state index in [1.807, 2.05) is 4.40 Å². The van der Waals surface area contributed by atoms with Crippen molar-refractivity contribution in [2.75, 3.05) is 6.61 Å². The van der Waals surface area contributed by atoms with Gasteiger partial charge in [-0.2, -0.15) is 0 Å². The number of hydrogen-bond donors (Lipinski definition) is 1. The highest BCUT2D eigenvalue weighted by Gasteiger charge is 2.39. The Balaban J connectivity index is 1.45. The number of nitrogens with one attached hydrogen (secondary N) is 1. The van der Waals surface area contributed by atoms with Gasteiger partial charge in [-0.3, -0.25) is 9.78 Å². The van der Waals surface area contributed by atoms with Crippen LogP contribution in [0.25, 0.3) is 5.65 Å². The summed E-state index contributed by atoms with van der Waals surface area (Å²) in [5.74, 6) is -0.105.